The fourth-order valence-corrected chi connectivity index (χ4v) is 1.64. The van der Waals surface area contributed by atoms with E-state index in [9.17, 15) is 10.1 Å². The first-order chi connectivity index (χ1) is 9.75. The van der Waals surface area contributed by atoms with Crippen LogP contribution in [0.5, 0.6) is 5.75 Å². The minimum atomic E-state index is -0.431. The second-order valence-electron chi connectivity index (χ2n) is 4.13. The topological polar surface area (TPSA) is 77.3 Å². The number of nitrogens with zero attached hydrogens (tertiary/aromatic N) is 2. The van der Waals surface area contributed by atoms with E-state index in [1.165, 1.54) is 12.1 Å². The van der Waals surface area contributed by atoms with E-state index in [0.29, 0.717) is 18.9 Å². The van der Waals surface area contributed by atoms with Crippen molar-refractivity contribution in [3.05, 3.63) is 64.5 Å². The van der Waals surface area contributed by atoms with Crippen LogP contribution >= 0.6 is 0 Å². The highest BCUT2D eigenvalue weighted by atomic mass is 16.6. The number of aromatic nitrogens is 1. The van der Waals surface area contributed by atoms with Gasteiger partial charge in [-0.1, -0.05) is 0 Å². The molecule has 1 aromatic heterocycles. The molecule has 0 aliphatic carbocycles. The average molecular weight is 273 g/mol. The molecule has 1 aromatic carbocycles. The quantitative estimate of drug-likeness (QED) is 0.475. The van der Waals surface area contributed by atoms with Crippen LogP contribution in [-0.2, 0) is 6.54 Å². The van der Waals surface area contributed by atoms with Crippen molar-refractivity contribution in [2.45, 2.75) is 6.54 Å². The van der Waals surface area contributed by atoms with Gasteiger partial charge >= 0.3 is 0 Å². The smallest absolute Gasteiger partial charge is 0.269 e. The van der Waals surface area contributed by atoms with Gasteiger partial charge in [-0.3, -0.25) is 15.1 Å². The number of nitrogens with one attached hydrogen (secondary N) is 1. The predicted molar refractivity (Wildman–Crippen MR) is 74.5 cm³/mol. The third kappa shape index (κ3) is 4.33. The Hall–Kier alpha value is -2.47. The van der Waals surface area contributed by atoms with Crippen molar-refractivity contribution in [3.63, 3.8) is 0 Å². The van der Waals surface area contributed by atoms with Gasteiger partial charge in [-0.05, 0) is 29.8 Å². The van der Waals surface area contributed by atoms with Gasteiger partial charge < -0.3 is 10.1 Å². The molecule has 20 heavy (non-hydrogen) atoms. The number of benzene rings is 1. The van der Waals surface area contributed by atoms with Gasteiger partial charge in [0, 0.05) is 37.6 Å². The molecule has 0 radical (unpaired) electrons. The molecule has 0 unspecified atom stereocenters. The van der Waals surface area contributed by atoms with Crippen LogP contribution in [0, 0.1) is 10.1 Å². The summed E-state index contributed by atoms with van der Waals surface area (Å²) in [5.74, 6) is 0.626. The molecule has 0 saturated carbocycles. The van der Waals surface area contributed by atoms with Crippen molar-refractivity contribution < 1.29 is 9.66 Å². The predicted octanol–water partition coefficient (Wildman–Crippen LogP) is 2.16. The Balaban J connectivity index is 1.67. The highest BCUT2D eigenvalue weighted by Gasteiger charge is 2.03. The van der Waals surface area contributed by atoms with Crippen LogP contribution in [0.15, 0.2) is 48.8 Å². The lowest BCUT2D eigenvalue weighted by atomic mass is 10.3. The summed E-state index contributed by atoms with van der Waals surface area (Å²) >= 11 is 0. The van der Waals surface area contributed by atoms with Crippen LogP contribution in [0.25, 0.3) is 0 Å². The largest absolute Gasteiger partial charge is 0.492 e. The van der Waals surface area contributed by atoms with Gasteiger partial charge in [-0.15, -0.1) is 0 Å². The van der Waals surface area contributed by atoms with Gasteiger partial charge in [0.2, 0.25) is 0 Å². The Kier molecular flexibility index (Phi) is 5.02. The monoisotopic (exact) mass is 273 g/mol. The van der Waals surface area contributed by atoms with E-state index >= 15 is 0 Å². The van der Waals surface area contributed by atoms with Crippen LogP contribution in [0.3, 0.4) is 0 Å². The van der Waals surface area contributed by atoms with E-state index < -0.39 is 4.92 Å². The Morgan fingerprint density at radius 1 is 1.15 bits per heavy atom. The number of pyridine rings is 1. The summed E-state index contributed by atoms with van der Waals surface area (Å²) in [6.45, 7) is 1.95. The van der Waals surface area contributed by atoms with Gasteiger partial charge in [0.05, 0.1) is 4.92 Å². The van der Waals surface area contributed by atoms with Crippen molar-refractivity contribution in [1.82, 2.24) is 10.3 Å². The normalized spacial score (nSPS) is 10.2. The second kappa shape index (κ2) is 7.20. The van der Waals surface area contributed by atoms with Crippen molar-refractivity contribution in [2.75, 3.05) is 13.2 Å². The zero-order chi connectivity index (χ0) is 14.2. The first kappa shape index (κ1) is 14.0. The summed E-state index contributed by atoms with van der Waals surface area (Å²) in [4.78, 5) is 14.0. The molecule has 0 spiro atoms. The van der Waals surface area contributed by atoms with E-state index in [2.05, 4.69) is 10.3 Å². The molecule has 0 aliphatic rings. The fraction of sp³-hybridized carbons (Fsp3) is 0.214. The first-order valence-electron chi connectivity index (χ1n) is 6.22. The molecular formula is C14H15N3O3. The molecule has 1 N–H and O–H groups in total. The molecule has 0 fully saturated rings. The van der Waals surface area contributed by atoms with Crippen LogP contribution in [0.4, 0.5) is 5.69 Å². The van der Waals surface area contributed by atoms with Crippen molar-refractivity contribution in [3.8, 4) is 5.75 Å². The Bertz CT molecular complexity index is 543. The second-order valence-corrected chi connectivity index (χ2v) is 4.13. The lowest BCUT2D eigenvalue weighted by molar-refractivity contribution is -0.384. The summed E-state index contributed by atoms with van der Waals surface area (Å²) in [5.41, 5.74) is 1.23. The van der Waals surface area contributed by atoms with Crippen LogP contribution in [0.2, 0.25) is 0 Å². The minimum Gasteiger partial charge on any atom is -0.492 e. The van der Waals surface area contributed by atoms with Gasteiger partial charge in [0.15, 0.2) is 0 Å². The molecule has 0 aliphatic heterocycles. The molecule has 2 aromatic rings. The van der Waals surface area contributed by atoms with Crippen LogP contribution < -0.4 is 10.1 Å². The first-order valence-corrected chi connectivity index (χ1v) is 6.22. The highest BCUT2D eigenvalue weighted by molar-refractivity contribution is 5.35. The molecule has 6 heteroatoms. The van der Waals surface area contributed by atoms with Gasteiger partial charge in [-0.2, -0.15) is 0 Å². The van der Waals surface area contributed by atoms with E-state index in [1.807, 2.05) is 12.1 Å². The number of non-ortho nitro benzene ring substituents is 1. The van der Waals surface area contributed by atoms with Crippen LogP contribution in [-0.4, -0.2) is 23.1 Å². The molecule has 104 valence electrons. The highest BCUT2D eigenvalue weighted by Crippen LogP contribution is 2.16. The third-order valence-corrected chi connectivity index (χ3v) is 2.67. The maximum absolute atomic E-state index is 10.5. The maximum Gasteiger partial charge on any atom is 0.269 e. The molecule has 0 amide bonds. The molecular weight excluding hydrogens is 258 g/mol. The van der Waals surface area contributed by atoms with Gasteiger partial charge in [0.1, 0.15) is 12.4 Å². The summed E-state index contributed by atoms with van der Waals surface area (Å²) in [6, 6.07) is 9.95. The summed E-state index contributed by atoms with van der Waals surface area (Å²) < 4.78 is 5.48. The molecule has 2 rings (SSSR count). The summed E-state index contributed by atoms with van der Waals surface area (Å²) in [7, 11) is 0. The van der Waals surface area contributed by atoms with Crippen molar-refractivity contribution in [1.29, 1.82) is 0 Å². The standard InChI is InChI=1S/C14H15N3O3/c18-17(19)13-1-3-14(4-2-13)20-10-9-16-11-12-5-7-15-8-6-12/h1-8,16H,9-11H2. The number of nitro benzene ring substituents is 1. The molecule has 6 nitrogen and oxygen atoms in total. The number of rotatable bonds is 7. The number of ether oxygens (including phenoxy) is 1. The zero-order valence-electron chi connectivity index (χ0n) is 10.9. The molecule has 1 heterocycles. The lowest BCUT2D eigenvalue weighted by Crippen LogP contribution is -2.20. The van der Waals surface area contributed by atoms with Crippen LogP contribution in [0.1, 0.15) is 5.56 Å². The zero-order valence-corrected chi connectivity index (χ0v) is 10.9. The van der Waals surface area contributed by atoms with Gasteiger partial charge in [0.25, 0.3) is 5.69 Å². The lowest BCUT2D eigenvalue weighted by Gasteiger charge is -2.07. The van der Waals surface area contributed by atoms with E-state index in [1.54, 1.807) is 24.5 Å². The summed E-state index contributed by atoms with van der Waals surface area (Å²) in [5, 5.41) is 13.7. The number of hydrogen-bond donors (Lipinski definition) is 1. The number of hydrogen-bond acceptors (Lipinski definition) is 5. The fourth-order valence-electron chi connectivity index (χ4n) is 1.64. The average Bonchev–Trinajstić information content (AvgIpc) is 2.48. The van der Waals surface area contributed by atoms with Crippen molar-refractivity contribution >= 4 is 5.69 Å². The van der Waals surface area contributed by atoms with E-state index in [-0.39, 0.29) is 5.69 Å². The molecule has 0 bridgehead atoms. The molecule has 0 atom stereocenters. The SMILES string of the molecule is O=[N+]([O-])c1ccc(OCCNCc2ccncc2)cc1. The minimum absolute atomic E-state index is 0.0631. The van der Waals surface area contributed by atoms with Crippen molar-refractivity contribution in [2.24, 2.45) is 0 Å². The summed E-state index contributed by atoms with van der Waals surface area (Å²) in [6.07, 6.45) is 3.51. The number of nitro groups is 1. The van der Waals surface area contributed by atoms with E-state index in [4.69, 9.17) is 4.74 Å². The maximum atomic E-state index is 10.5. The Morgan fingerprint density at radius 2 is 1.85 bits per heavy atom. The van der Waals surface area contributed by atoms with Gasteiger partial charge in [-0.25, -0.2) is 0 Å². The Labute approximate surface area is 116 Å². The van der Waals surface area contributed by atoms with E-state index in [0.717, 1.165) is 12.1 Å². The Morgan fingerprint density at radius 3 is 2.50 bits per heavy atom. The third-order valence-electron chi connectivity index (χ3n) is 2.67. The molecule has 0 saturated heterocycles.